The number of anilines is 1. The molecule has 0 amide bonds. The quantitative estimate of drug-likeness (QED) is 0.745. The van der Waals surface area contributed by atoms with E-state index in [4.69, 9.17) is 0 Å². The van der Waals surface area contributed by atoms with Gasteiger partial charge in [-0.15, -0.1) is 11.3 Å². The Morgan fingerprint density at radius 1 is 1.24 bits per heavy atom. The highest BCUT2D eigenvalue weighted by Gasteiger charge is 2.33. The fourth-order valence-corrected chi connectivity index (χ4v) is 4.20. The number of piperidine rings is 1. The predicted octanol–water partition coefficient (Wildman–Crippen LogP) is 3.72. The second-order valence-electron chi connectivity index (χ2n) is 5.27. The average Bonchev–Trinajstić information content (AvgIpc) is 2.87. The molecule has 1 aromatic rings. The summed E-state index contributed by atoms with van der Waals surface area (Å²) in [7, 11) is 0. The van der Waals surface area contributed by atoms with Gasteiger partial charge >= 0.3 is 0 Å². The zero-order valence-corrected chi connectivity index (χ0v) is 10.9. The third kappa shape index (κ3) is 2.13. The molecular weight excluding hydrogens is 230 g/mol. The topological polar surface area (TPSA) is 20.3 Å². The van der Waals surface area contributed by atoms with Gasteiger partial charge in [-0.25, -0.2) is 0 Å². The highest BCUT2D eigenvalue weighted by atomic mass is 32.1. The van der Waals surface area contributed by atoms with Crippen molar-refractivity contribution in [2.45, 2.75) is 44.6 Å². The van der Waals surface area contributed by atoms with Gasteiger partial charge in [0.15, 0.2) is 6.29 Å². The summed E-state index contributed by atoms with van der Waals surface area (Å²) in [6, 6.07) is 2.81. The van der Waals surface area contributed by atoms with Gasteiger partial charge in [-0.2, -0.15) is 0 Å². The third-order valence-electron chi connectivity index (χ3n) is 4.30. The molecule has 1 aliphatic heterocycles. The van der Waals surface area contributed by atoms with Crippen LogP contribution in [0.3, 0.4) is 0 Å². The fourth-order valence-electron chi connectivity index (χ4n) is 3.50. The number of fused-ring (bicyclic) bond motifs is 1. The number of nitrogens with zero attached hydrogens (tertiary/aromatic N) is 1. The molecule has 2 nitrogen and oxygen atoms in total. The molecule has 1 aliphatic carbocycles. The molecule has 2 atom stereocenters. The number of rotatable bonds is 2. The van der Waals surface area contributed by atoms with Crippen molar-refractivity contribution >= 4 is 23.3 Å². The number of hydrogen-bond acceptors (Lipinski definition) is 3. The van der Waals surface area contributed by atoms with Crippen LogP contribution in [-0.2, 0) is 0 Å². The maximum Gasteiger partial charge on any atom is 0.160 e. The lowest BCUT2D eigenvalue weighted by Crippen LogP contribution is -2.46. The normalized spacial score (nSPS) is 28.8. The van der Waals surface area contributed by atoms with Gasteiger partial charge in [0.1, 0.15) is 0 Å². The Bertz CT molecular complexity index is 399. The van der Waals surface area contributed by atoms with Crippen LogP contribution in [0.15, 0.2) is 11.4 Å². The van der Waals surface area contributed by atoms with E-state index in [1.807, 2.05) is 0 Å². The second kappa shape index (κ2) is 4.81. The molecule has 2 heterocycles. The van der Waals surface area contributed by atoms with Crippen molar-refractivity contribution in [2.24, 2.45) is 5.92 Å². The Morgan fingerprint density at radius 2 is 2.06 bits per heavy atom. The van der Waals surface area contributed by atoms with Crippen LogP contribution in [-0.4, -0.2) is 18.9 Å². The van der Waals surface area contributed by atoms with Crippen LogP contribution in [0.25, 0.3) is 0 Å². The summed E-state index contributed by atoms with van der Waals surface area (Å²) in [5.74, 6) is 0.900. The number of aldehydes is 1. The van der Waals surface area contributed by atoms with Crippen molar-refractivity contribution in [3.63, 3.8) is 0 Å². The van der Waals surface area contributed by atoms with Crippen LogP contribution in [0, 0.1) is 5.92 Å². The Kier molecular flexibility index (Phi) is 3.19. The highest BCUT2D eigenvalue weighted by Crippen LogP contribution is 2.38. The molecule has 17 heavy (non-hydrogen) atoms. The molecule has 0 radical (unpaired) electrons. The standard InChI is InChI=1S/C14H19NOS/c16-9-13-8-12(10-17-13)15-7-3-5-11-4-1-2-6-14(11)15/h8-11,14H,1-7H2/t11-,14-/m1/s1. The monoisotopic (exact) mass is 249 g/mol. The summed E-state index contributed by atoms with van der Waals surface area (Å²) in [5, 5.41) is 2.15. The molecule has 2 fully saturated rings. The van der Waals surface area contributed by atoms with Gasteiger partial charge in [0.2, 0.25) is 0 Å². The first-order valence-electron chi connectivity index (χ1n) is 6.69. The van der Waals surface area contributed by atoms with Crippen LogP contribution in [0.4, 0.5) is 5.69 Å². The highest BCUT2D eigenvalue weighted by molar-refractivity contribution is 7.12. The minimum atomic E-state index is 0.742. The molecule has 0 N–H and O–H groups in total. The smallest absolute Gasteiger partial charge is 0.160 e. The largest absolute Gasteiger partial charge is 0.368 e. The first-order valence-corrected chi connectivity index (χ1v) is 7.57. The first-order chi connectivity index (χ1) is 8.38. The number of carbonyl (C=O) groups excluding carboxylic acids is 1. The van der Waals surface area contributed by atoms with E-state index in [9.17, 15) is 4.79 Å². The summed E-state index contributed by atoms with van der Waals surface area (Å²) >= 11 is 1.57. The first kappa shape index (κ1) is 11.3. The van der Waals surface area contributed by atoms with Gasteiger partial charge < -0.3 is 4.90 Å². The lowest BCUT2D eigenvalue weighted by Gasteiger charge is -2.45. The number of hydrogen-bond donors (Lipinski definition) is 0. The summed E-state index contributed by atoms with van der Waals surface area (Å²) in [6.45, 7) is 1.18. The van der Waals surface area contributed by atoms with Crippen molar-refractivity contribution in [3.05, 3.63) is 16.3 Å². The van der Waals surface area contributed by atoms with E-state index in [-0.39, 0.29) is 0 Å². The lowest BCUT2D eigenvalue weighted by atomic mass is 9.78. The SMILES string of the molecule is O=Cc1cc(N2CCC[C@H]3CCCC[C@H]32)cs1. The summed E-state index contributed by atoms with van der Waals surface area (Å²) in [6.07, 6.45) is 9.24. The van der Waals surface area contributed by atoms with Crippen molar-refractivity contribution in [1.29, 1.82) is 0 Å². The third-order valence-corrected chi connectivity index (χ3v) is 5.14. The minimum Gasteiger partial charge on any atom is -0.368 e. The van der Waals surface area contributed by atoms with Gasteiger partial charge in [0.05, 0.1) is 4.88 Å². The molecular formula is C14H19NOS. The van der Waals surface area contributed by atoms with Crippen LogP contribution in [0.2, 0.25) is 0 Å². The van der Waals surface area contributed by atoms with Crippen LogP contribution in [0.1, 0.15) is 48.2 Å². The Balaban J connectivity index is 1.82. The van der Waals surface area contributed by atoms with E-state index in [1.54, 1.807) is 11.3 Å². The molecule has 0 unspecified atom stereocenters. The summed E-state index contributed by atoms with van der Waals surface area (Å²) in [5.41, 5.74) is 1.29. The number of thiophene rings is 1. The van der Waals surface area contributed by atoms with Crippen molar-refractivity contribution in [3.8, 4) is 0 Å². The van der Waals surface area contributed by atoms with Gasteiger partial charge in [0, 0.05) is 23.7 Å². The maximum absolute atomic E-state index is 10.8. The summed E-state index contributed by atoms with van der Waals surface area (Å²) < 4.78 is 0. The maximum atomic E-state index is 10.8. The molecule has 3 heteroatoms. The summed E-state index contributed by atoms with van der Waals surface area (Å²) in [4.78, 5) is 14.2. The Hall–Kier alpha value is -0.830. The van der Waals surface area contributed by atoms with Crippen molar-refractivity contribution in [1.82, 2.24) is 0 Å². The van der Waals surface area contributed by atoms with E-state index in [0.29, 0.717) is 0 Å². The molecule has 1 aromatic heterocycles. The average molecular weight is 249 g/mol. The fraction of sp³-hybridized carbons (Fsp3) is 0.643. The molecule has 1 saturated carbocycles. The zero-order chi connectivity index (χ0) is 11.7. The van der Waals surface area contributed by atoms with E-state index in [2.05, 4.69) is 16.3 Å². The minimum absolute atomic E-state index is 0.742. The van der Waals surface area contributed by atoms with E-state index >= 15 is 0 Å². The van der Waals surface area contributed by atoms with E-state index in [1.165, 1.54) is 50.8 Å². The molecule has 3 rings (SSSR count). The molecule has 0 bridgehead atoms. The van der Waals surface area contributed by atoms with Crippen molar-refractivity contribution < 1.29 is 4.79 Å². The molecule has 92 valence electrons. The van der Waals surface area contributed by atoms with Crippen molar-refractivity contribution in [2.75, 3.05) is 11.4 Å². The predicted molar refractivity (Wildman–Crippen MR) is 72.0 cm³/mol. The van der Waals surface area contributed by atoms with E-state index in [0.717, 1.165) is 23.1 Å². The molecule has 0 spiro atoms. The van der Waals surface area contributed by atoms with Gasteiger partial charge in [-0.05, 0) is 37.7 Å². The second-order valence-corrected chi connectivity index (χ2v) is 6.22. The molecule has 1 saturated heterocycles. The molecule has 0 aromatic carbocycles. The number of carbonyl (C=O) groups is 1. The molecule has 2 aliphatic rings. The van der Waals surface area contributed by atoms with E-state index < -0.39 is 0 Å². The van der Waals surface area contributed by atoms with Gasteiger partial charge in [0.25, 0.3) is 0 Å². The van der Waals surface area contributed by atoms with Crippen LogP contribution in [0.5, 0.6) is 0 Å². The zero-order valence-electron chi connectivity index (χ0n) is 10.1. The van der Waals surface area contributed by atoms with Gasteiger partial charge in [-0.3, -0.25) is 4.79 Å². The van der Waals surface area contributed by atoms with Gasteiger partial charge in [-0.1, -0.05) is 12.8 Å². The van der Waals surface area contributed by atoms with Crippen LogP contribution < -0.4 is 4.90 Å². The Morgan fingerprint density at radius 3 is 2.88 bits per heavy atom. The van der Waals surface area contributed by atoms with Crippen LogP contribution >= 0.6 is 11.3 Å². The lowest BCUT2D eigenvalue weighted by molar-refractivity contribution is 0.112. The Labute approximate surface area is 107 Å².